The van der Waals surface area contributed by atoms with Gasteiger partial charge in [-0.05, 0) is 18.2 Å². The van der Waals surface area contributed by atoms with E-state index in [4.69, 9.17) is 22.1 Å². The molecule has 1 heterocycles. The maximum Gasteiger partial charge on any atom is 0.205 e. The van der Waals surface area contributed by atoms with Crippen molar-refractivity contribution in [1.82, 2.24) is 9.55 Å². The fraction of sp³-hybridized carbons (Fsp3) is 0.0714. The summed E-state index contributed by atoms with van der Waals surface area (Å²) in [4.78, 5) is 4.06. The second kappa shape index (κ2) is 4.89. The largest absolute Gasteiger partial charge is 0.494 e. The lowest BCUT2D eigenvalue weighted by Gasteiger charge is -2.09. The summed E-state index contributed by atoms with van der Waals surface area (Å²) in [6.45, 7) is 0. The van der Waals surface area contributed by atoms with Gasteiger partial charge in [0.25, 0.3) is 0 Å². The van der Waals surface area contributed by atoms with Crippen LogP contribution in [0, 0.1) is 11.6 Å². The minimum absolute atomic E-state index is 0.0381. The van der Waals surface area contributed by atoms with Crippen LogP contribution in [0.3, 0.4) is 0 Å². The number of fused-ring (bicyclic) bond motifs is 1. The average Bonchev–Trinajstić information content (AvgIpc) is 2.75. The number of methoxy groups -OCH3 is 1. The Balaban J connectivity index is 2.36. The van der Waals surface area contributed by atoms with Gasteiger partial charge in [-0.2, -0.15) is 0 Å². The number of hydrogen-bond donors (Lipinski definition) is 1. The number of halogens is 3. The lowest BCUT2D eigenvalue weighted by molar-refractivity contribution is 0.387. The third-order valence-electron chi connectivity index (χ3n) is 3.10. The summed E-state index contributed by atoms with van der Waals surface area (Å²) >= 11 is 6.09. The van der Waals surface area contributed by atoms with Gasteiger partial charge in [0, 0.05) is 12.1 Å². The molecule has 0 saturated heterocycles. The molecule has 21 heavy (non-hydrogen) atoms. The van der Waals surface area contributed by atoms with Crippen LogP contribution >= 0.6 is 11.6 Å². The number of hydrogen-bond acceptors (Lipinski definition) is 3. The highest BCUT2D eigenvalue weighted by Gasteiger charge is 2.16. The Labute approximate surface area is 123 Å². The molecule has 2 aromatic carbocycles. The first-order valence-corrected chi connectivity index (χ1v) is 6.36. The van der Waals surface area contributed by atoms with E-state index >= 15 is 0 Å². The van der Waals surface area contributed by atoms with E-state index in [0.717, 1.165) is 0 Å². The first-order chi connectivity index (χ1) is 10.0. The number of ether oxygens (including phenoxy) is 1. The van der Waals surface area contributed by atoms with Gasteiger partial charge in [-0.25, -0.2) is 13.8 Å². The molecule has 0 fully saturated rings. The number of nitrogen functional groups attached to an aromatic ring is 1. The zero-order valence-corrected chi connectivity index (χ0v) is 11.7. The Morgan fingerprint density at radius 1 is 1.24 bits per heavy atom. The van der Waals surface area contributed by atoms with Crippen molar-refractivity contribution in [3.05, 3.63) is 47.0 Å². The lowest BCUT2D eigenvalue weighted by Crippen LogP contribution is -2.02. The summed E-state index contributed by atoms with van der Waals surface area (Å²) in [5.41, 5.74) is 6.97. The molecule has 0 bridgehead atoms. The zero-order valence-electron chi connectivity index (χ0n) is 10.9. The topological polar surface area (TPSA) is 53.1 Å². The zero-order chi connectivity index (χ0) is 15.1. The molecule has 0 amide bonds. The van der Waals surface area contributed by atoms with Crippen molar-refractivity contribution in [3.8, 4) is 11.4 Å². The number of anilines is 1. The summed E-state index contributed by atoms with van der Waals surface area (Å²) in [6.07, 6.45) is 0. The van der Waals surface area contributed by atoms with Gasteiger partial charge in [0.2, 0.25) is 5.95 Å². The Morgan fingerprint density at radius 2 is 2.00 bits per heavy atom. The summed E-state index contributed by atoms with van der Waals surface area (Å²) in [5.74, 6) is -0.911. The average molecular weight is 310 g/mol. The van der Waals surface area contributed by atoms with Crippen molar-refractivity contribution >= 4 is 28.6 Å². The van der Waals surface area contributed by atoms with Gasteiger partial charge < -0.3 is 10.5 Å². The van der Waals surface area contributed by atoms with E-state index < -0.39 is 11.6 Å². The molecule has 7 heteroatoms. The van der Waals surface area contributed by atoms with Gasteiger partial charge in [-0.15, -0.1) is 0 Å². The lowest BCUT2D eigenvalue weighted by atomic mass is 10.2. The highest BCUT2D eigenvalue weighted by molar-refractivity contribution is 6.32. The predicted molar refractivity (Wildman–Crippen MR) is 77.0 cm³/mol. The van der Waals surface area contributed by atoms with Crippen LogP contribution in [-0.2, 0) is 0 Å². The molecule has 0 saturated carbocycles. The number of rotatable bonds is 2. The van der Waals surface area contributed by atoms with Crippen LogP contribution in [0.5, 0.6) is 5.75 Å². The molecule has 0 aliphatic carbocycles. The standard InChI is InChI=1S/C14H10ClF2N3O/c1-21-13-6-12-10(5-9(13)17)19-14(18)20(12)11-4-7(16)2-3-8(11)15/h2-6H,1H3,(H2,18,19). The van der Waals surface area contributed by atoms with E-state index in [-0.39, 0.29) is 11.7 Å². The maximum atomic E-state index is 13.7. The Morgan fingerprint density at radius 3 is 2.71 bits per heavy atom. The van der Waals surface area contributed by atoms with Crippen molar-refractivity contribution < 1.29 is 13.5 Å². The second-order valence-electron chi connectivity index (χ2n) is 4.38. The van der Waals surface area contributed by atoms with Crippen LogP contribution < -0.4 is 10.5 Å². The molecule has 3 aromatic rings. The number of imidazole rings is 1. The Bertz CT molecular complexity index is 848. The normalized spacial score (nSPS) is 11.0. The fourth-order valence-electron chi connectivity index (χ4n) is 2.16. The Hall–Kier alpha value is -2.34. The summed E-state index contributed by atoms with van der Waals surface area (Å²) in [7, 11) is 1.35. The molecule has 2 N–H and O–H groups in total. The van der Waals surface area contributed by atoms with Crippen molar-refractivity contribution in [3.63, 3.8) is 0 Å². The van der Waals surface area contributed by atoms with Gasteiger partial charge in [-0.1, -0.05) is 11.6 Å². The molecule has 3 rings (SSSR count). The first kappa shape index (κ1) is 13.6. The van der Waals surface area contributed by atoms with Gasteiger partial charge in [0.15, 0.2) is 11.6 Å². The van der Waals surface area contributed by atoms with Crippen molar-refractivity contribution in [2.45, 2.75) is 0 Å². The smallest absolute Gasteiger partial charge is 0.205 e. The minimum Gasteiger partial charge on any atom is -0.494 e. The molecular weight excluding hydrogens is 300 g/mol. The highest BCUT2D eigenvalue weighted by atomic mass is 35.5. The highest BCUT2D eigenvalue weighted by Crippen LogP contribution is 2.31. The van der Waals surface area contributed by atoms with Crippen LogP contribution in [0.1, 0.15) is 0 Å². The molecular formula is C14H10ClF2N3O. The minimum atomic E-state index is -0.556. The number of benzene rings is 2. The van der Waals surface area contributed by atoms with Gasteiger partial charge in [0.1, 0.15) is 5.82 Å². The summed E-state index contributed by atoms with van der Waals surface area (Å²) in [6, 6.07) is 6.53. The van der Waals surface area contributed by atoms with E-state index in [9.17, 15) is 8.78 Å². The van der Waals surface area contributed by atoms with E-state index in [1.807, 2.05) is 0 Å². The number of nitrogens with two attached hydrogens (primary N) is 1. The van der Waals surface area contributed by atoms with E-state index in [0.29, 0.717) is 21.7 Å². The SMILES string of the molecule is COc1cc2c(cc1F)nc(N)n2-c1cc(F)ccc1Cl. The molecule has 1 aromatic heterocycles. The number of nitrogens with zero attached hydrogens (tertiary/aromatic N) is 2. The fourth-order valence-corrected chi connectivity index (χ4v) is 2.37. The molecule has 0 radical (unpaired) electrons. The van der Waals surface area contributed by atoms with Gasteiger partial charge in [0.05, 0.1) is 28.9 Å². The maximum absolute atomic E-state index is 13.7. The first-order valence-electron chi connectivity index (χ1n) is 5.98. The van der Waals surface area contributed by atoms with Crippen LogP contribution in [0.2, 0.25) is 5.02 Å². The monoisotopic (exact) mass is 309 g/mol. The van der Waals surface area contributed by atoms with E-state index in [1.54, 1.807) is 0 Å². The van der Waals surface area contributed by atoms with E-state index in [2.05, 4.69) is 4.98 Å². The van der Waals surface area contributed by atoms with Crippen LogP contribution in [0.4, 0.5) is 14.7 Å². The van der Waals surface area contributed by atoms with Crippen LogP contribution in [-0.4, -0.2) is 16.7 Å². The molecule has 108 valence electrons. The van der Waals surface area contributed by atoms with E-state index in [1.165, 1.54) is 42.0 Å². The quantitative estimate of drug-likeness (QED) is 0.787. The summed E-state index contributed by atoms with van der Waals surface area (Å²) < 4.78 is 33.6. The van der Waals surface area contributed by atoms with Crippen LogP contribution in [0.15, 0.2) is 30.3 Å². The summed E-state index contributed by atoms with van der Waals surface area (Å²) in [5, 5.41) is 0.297. The van der Waals surface area contributed by atoms with Gasteiger partial charge in [-0.3, -0.25) is 4.57 Å². The molecule has 0 atom stereocenters. The Kier molecular flexibility index (Phi) is 3.17. The van der Waals surface area contributed by atoms with Gasteiger partial charge >= 0.3 is 0 Å². The van der Waals surface area contributed by atoms with Crippen molar-refractivity contribution in [2.75, 3.05) is 12.8 Å². The predicted octanol–water partition coefficient (Wildman–Crippen LogP) is 3.55. The molecule has 0 aliphatic heterocycles. The molecule has 4 nitrogen and oxygen atoms in total. The van der Waals surface area contributed by atoms with Crippen molar-refractivity contribution in [2.24, 2.45) is 0 Å². The second-order valence-corrected chi connectivity index (χ2v) is 4.78. The number of aromatic nitrogens is 2. The molecule has 0 unspecified atom stereocenters. The third-order valence-corrected chi connectivity index (χ3v) is 3.42. The van der Waals surface area contributed by atoms with Crippen molar-refractivity contribution in [1.29, 1.82) is 0 Å². The molecule has 0 spiro atoms. The van der Waals surface area contributed by atoms with Crippen LogP contribution in [0.25, 0.3) is 16.7 Å². The third kappa shape index (κ3) is 2.17. The molecule has 0 aliphatic rings.